The fourth-order valence-electron chi connectivity index (χ4n) is 25.7. The number of nitro benzene ring substituents is 1. The molecule has 4 aliphatic heterocycles. The molecule has 23 rings (SSSR count). The van der Waals surface area contributed by atoms with E-state index in [1.165, 1.54) is 24.3 Å². The Morgan fingerprint density at radius 2 is 0.862 bits per heavy atom. The number of nitro groups is 1. The van der Waals surface area contributed by atoms with E-state index >= 15 is 4.39 Å². The van der Waals surface area contributed by atoms with Crippen molar-refractivity contribution >= 4 is 78.2 Å². The van der Waals surface area contributed by atoms with Crippen LogP contribution in [0.5, 0.6) is 0 Å². The second kappa shape index (κ2) is 35.1. The van der Waals surface area contributed by atoms with E-state index in [2.05, 4.69) is 31.4 Å². The summed E-state index contributed by atoms with van der Waals surface area (Å²) in [6.07, 6.45) is 8.01. The van der Waals surface area contributed by atoms with Crippen LogP contribution >= 0.6 is 0 Å². The molecular weight excluding hydrogens is 1850 g/mol. The summed E-state index contributed by atoms with van der Waals surface area (Å²) >= 11 is 0. The number of halogens is 3. The number of nitrogens with two attached hydrogens (primary N) is 1. The summed E-state index contributed by atoms with van der Waals surface area (Å²) < 4.78 is 71.1. The van der Waals surface area contributed by atoms with Gasteiger partial charge in [0.25, 0.3) is 27.9 Å². The molecule has 12 aromatic rings. The second-order valence-electron chi connectivity index (χ2n) is 45.2. The minimum Gasteiger partial charge on any atom is -0.387 e. The second-order valence-corrected chi connectivity index (χ2v) is 45.2. The van der Waals surface area contributed by atoms with Crippen LogP contribution in [0.2, 0.25) is 0 Å². The molecule has 5 aromatic carbocycles. The van der Waals surface area contributed by atoms with E-state index in [0.29, 0.717) is 219 Å². The molecule has 7 aromatic heterocycles. The highest BCUT2D eigenvalue weighted by Crippen LogP contribution is 2.55. The molecule has 0 bridgehead atoms. The maximum absolute atomic E-state index is 15.1. The van der Waals surface area contributed by atoms with Gasteiger partial charge in [-0.2, -0.15) is 0 Å². The van der Waals surface area contributed by atoms with Crippen LogP contribution < -0.4 is 38.6 Å². The zero-order chi connectivity index (χ0) is 104. The highest BCUT2D eigenvalue weighted by molar-refractivity contribution is 6.01. The molecule has 145 heavy (non-hydrogen) atoms. The SMILES string of the molecule is CC[C@@]1(O)C(=O)CCc2c1cc1n(c2=O)Cc2c-1nc1cc(F)c(C)c3c1c2[C@@H](NC(C)(C)C)CC3.CC[C@@]1(OC(C)(C)C)C(=O)CCc2c1cc1n(c2=O)Cc2c-1cc1cc(F)c(C)c3c1c2[C@@H](NC(=O)CO)CC3.CC[C@@]1(OC(C)(C)C)C(=O)CCc2c1cc1n(c2=O)Cc2c-1nc1cc(F)c(C)c3c1c2[C@@H](N)CC3.CC[C@@]1(OC(C)(C)C)C(=O)CCc2c1cc1n(c2=O)Cc2cc3c([N+](=O)[O-])cccc3nc2-1. The molecular formula is C115H124F3N11O16. The van der Waals surface area contributed by atoms with Gasteiger partial charge in [-0.1, -0.05) is 33.8 Å². The topological polar surface area (TPSA) is 373 Å². The Hall–Kier alpha value is -12.6. The smallest absolute Gasteiger partial charge is 0.278 e. The lowest BCUT2D eigenvalue weighted by molar-refractivity contribution is -0.383. The van der Waals surface area contributed by atoms with Gasteiger partial charge >= 0.3 is 0 Å². The van der Waals surface area contributed by atoms with Crippen LogP contribution in [0.1, 0.15) is 316 Å². The average Bonchev–Trinajstić information content (AvgIpc) is 1.56. The molecule has 0 unspecified atom stereocenters. The molecule has 0 saturated carbocycles. The summed E-state index contributed by atoms with van der Waals surface area (Å²) in [7, 11) is 0. The lowest BCUT2D eigenvalue weighted by Crippen LogP contribution is -2.48. The first-order valence-electron chi connectivity index (χ1n) is 51.0. The predicted molar refractivity (Wildman–Crippen MR) is 547 cm³/mol. The minimum atomic E-state index is -1.66. The van der Waals surface area contributed by atoms with Gasteiger partial charge in [-0.15, -0.1) is 0 Å². The monoisotopic (exact) mass is 1970 g/mol. The molecule has 7 aliphatic carbocycles. The lowest BCUT2D eigenvalue weighted by atomic mass is 9.75. The lowest BCUT2D eigenvalue weighted by Gasteiger charge is -2.41. The van der Waals surface area contributed by atoms with Gasteiger partial charge in [-0.25, -0.2) is 28.1 Å². The first-order valence-corrected chi connectivity index (χ1v) is 51.0. The van der Waals surface area contributed by atoms with Crippen LogP contribution in [-0.4, -0.2) is 106 Å². The van der Waals surface area contributed by atoms with Gasteiger partial charge in [0.1, 0.15) is 29.7 Å². The summed E-state index contributed by atoms with van der Waals surface area (Å²) in [5.74, 6) is -1.61. The van der Waals surface area contributed by atoms with Crippen LogP contribution in [0.25, 0.3) is 88.9 Å². The van der Waals surface area contributed by atoms with Crippen molar-refractivity contribution in [1.29, 1.82) is 0 Å². The van der Waals surface area contributed by atoms with Gasteiger partial charge in [-0.3, -0.25) is 53.3 Å². The number of hydrogen-bond donors (Lipinski definition) is 5. The predicted octanol–water partition coefficient (Wildman–Crippen LogP) is 17.9. The van der Waals surface area contributed by atoms with E-state index in [4.69, 9.17) is 34.9 Å². The fourth-order valence-corrected chi connectivity index (χ4v) is 25.7. The summed E-state index contributed by atoms with van der Waals surface area (Å²) in [5, 5.41) is 42.9. The van der Waals surface area contributed by atoms with Crippen LogP contribution in [0.15, 0.2) is 92.0 Å². The molecule has 7 atom stereocenters. The number of nitrogens with one attached hydrogen (secondary N) is 2. The van der Waals surface area contributed by atoms with E-state index in [1.54, 1.807) is 56.4 Å². The van der Waals surface area contributed by atoms with Crippen LogP contribution in [-0.2, 0) is 132 Å². The molecule has 0 spiro atoms. The summed E-state index contributed by atoms with van der Waals surface area (Å²) in [6.45, 7) is 37.3. The Labute approximate surface area is 836 Å². The summed E-state index contributed by atoms with van der Waals surface area (Å²) in [4.78, 5) is 146. The van der Waals surface area contributed by atoms with E-state index in [9.17, 15) is 72.3 Å². The van der Waals surface area contributed by atoms with Crippen LogP contribution in [0.3, 0.4) is 0 Å². The number of Topliss-reactive ketones (excluding diaryl/α,β-unsaturated/α-hetero) is 4. The fraction of sp³-hybridized carbons (Fsp3) is 0.461. The van der Waals surface area contributed by atoms with Crippen molar-refractivity contribution in [2.45, 2.75) is 336 Å². The highest BCUT2D eigenvalue weighted by atomic mass is 19.1. The zero-order valence-electron chi connectivity index (χ0n) is 85.8. The first-order chi connectivity index (χ1) is 68.4. The van der Waals surface area contributed by atoms with Crippen molar-refractivity contribution in [3.8, 4) is 45.4 Å². The van der Waals surface area contributed by atoms with Gasteiger partial charge in [0, 0.05) is 139 Å². The van der Waals surface area contributed by atoms with E-state index in [0.717, 1.165) is 96.6 Å². The number of non-ortho nitro benzene ring substituents is 1. The normalized spacial score (nSPS) is 21.5. The Kier molecular flexibility index (Phi) is 24.2. The van der Waals surface area contributed by atoms with Crippen LogP contribution in [0.4, 0.5) is 18.9 Å². The first kappa shape index (κ1) is 99.8. The number of ketones is 4. The maximum Gasteiger partial charge on any atom is 0.278 e. The summed E-state index contributed by atoms with van der Waals surface area (Å²) in [6, 6.07) is 20.0. The quantitative estimate of drug-likeness (QED) is 0.0593. The molecule has 30 heteroatoms. The molecule has 0 fully saturated rings. The standard InChI is InChI=1S/C32H35FN2O5.2C29H32FN3O3.C25H25N3O5/c1-6-32(40-31(3,4)5)22-13-25-20-11-17-12-23(33)16(2)18-7-9-24(34-27(38)15-36)29(28(17)18)21(20)14-35(25)30(39)19(22)8-10-26(32)37;1-6-29(36-28(3,4)5)18-11-22-26-17(13-33(22)27(35)16(18)8-10-23(29)34)24-20(31)9-7-15-14(2)19(30)12-21(32-26)25(15)24;1-6-29(36)18-11-22-26-17(13-33(22)27(35)16(18)8-10-23(29)34)25-20(32-28(3,4)5)9-7-15-14(2)19(30)12-21(31-26)24(15)25;1-5-25(33-24(2,3)4)17-12-20-22-14(13-27(20)23(30)15(17)9-10-21(25)29)11-16-18(26-22)7-6-8-19(16)28(31)32/h11-13,24,36H,6-10,14-15H2,1-5H3,(H,34,38);11-12,20H,6-10,13,31H2,1-5H3;11-12,20,32,36H,6-10,13H2,1-5H3;6-8,11-12H,5,9-10,13H2,1-4H3/t24-,32-;2*20-,29-;25-/m0000/s1. The number of aryl methyl sites for hydroxylation is 3. The number of fused-ring (bicyclic) bond motifs is 20. The number of aliphatic hydroxyl groups is 2. The van der Waals surface area contributed by atoms with Gasteiger partial charge in [0.2, 0.25) is 5.91 Å². The molecule has 756 valence electrons. The molecule has 11 aliphatic rings. The largest absolute Gasteiger partial charge is 0.387 e. The molecule has 1 amide bonds. The number of rotatable bonds is 11. The number of pyridine rings is 7. The summed E-state index contributed by atoms with van der Waals surface area (Å²) in [5.41, 5.74) is 21.7. The van der Waals surface area contributed by atoms with E-state index < -0.39 is 56.6 Å². The molecule has 6 N–H and O–H groups in total. The van der Waals surface area contributed by atoms with Crippen molar-refractivity contribution < 1.29 is 66.5 Å². The zero-order valence-corrected chi connectivity index (χ0v) is 85.8. The van der Waals surface area contributed by atoms with Crippen molar-refractivity contribution in [2.75, 3.05) is 6.61 Å². The number of ether oxygens (including phenoxy) is 3. The third-order valence-electron chi connectivity index (χ3n) is 32.0. The van der Waals surface area contributed by atoms with Crippen molar-refractivity contribution in [3.63, 3.8) is 0 Å². The van der Waals surface area contributed by atoms with Gasteiger partial charge in [0.05, 0.1) is 116 Å². The Balaban J connectivity index is 0.000000118. The molecule has 0 saturated heterocycles. The van der Waals surface area contributed by atoms with E-state index in [-0.39, 0.29) is 124 Å². The number of aromatic nitrogens is 7. The number of nitrogens with zero attached hydrogens (tertiary/aromatic N) is 8. The Morgan fingerprint density at radius 1 is 0.462 bits per heavy atom. The van der Waals surface area contributed by atoms with Gasteiger partial charge in [-0.05, 0) is 309 Å². The third-order valence-corrected chi connectivity index (χ3v) is 32.0. The van der Waals surface area contributed by atoms with Gasteiger partial charge < -0.3 is 59.1 Å². The van der Waals surface area contributed by atoms with Gasteiger partial charge in [0.15, 0.2) is 39.9 Å². The number of hydrogen-bond acceptors (Lipinski definition) is 21. The average molecular weight is 1970 g/mol. The Morgan fingerprint density at radius 3 is 1.33 bits per heavy atom. The van der Waals surface area contributed by atoms with Crippen molar-refractivity contribution in [3.05, 3.63) is 259 Å². The van der Waals surface area contributed by atoms with Crippen molar-refractivity contribution in [2.24, 2.45) is 5.73 Å². The third kappa shape index (κ3) is 15.8. The van der Waals surface area contributed by atoms with Crippen LogP contribution in [0, 0.1) is 48.3 Å². The number of aliphatic hydroxyl groups excluding tert-OH is 1. The van der Waals surface area contributed by atoms with Crippen molar-refractivity contribution in [1.82, 2.24) is 43.9 Å². The number of amides is 1. The molecule has 11 heterocycles. The number of benzene rings is 5. The highest BCUT2D eigenvalue weighted by Gasteiger charge is 2.54. The minimum absolute atomic E-state index is 0.000712. The molecule has 27 nitrogen and oxygen atoms in total. The molecule has 0 radical (unpaired) electrons. The number of carbonyl (C=O) groups excluding carboxylic acids is 5. The number of carbonyl (C=O) groups is 5. The Bertz CT molecular complexity index is 8060. The van der Waals surface area contributed by atoms with E-state index in [1.807, 2.05) is 121 Å². The maximum atomic E-state index is 15.1.